The van der Waals surface area contributed by atoms with Crippen LogP contribution in [-0.4, -0.2) is 30.3 Å². The van der Waals surface area contributed by atoms with Crippen LogP contribution in [0.2, 0.25) is 0 Å². The number of hydrogen-bond donors (Lipinski definition) is 2. The summed E-state index contributed by atoms with van der Waals surface area (Å²) >= 11 is 0. The first kappa shape index (κ1) is 14.3. The van der Waals surface area contributed by atoms with Crippen molar-refractivity contribution in [2.24, 2.45) is 0 Å². The molecule has 0 aliphatic rings. The Hall–Kier alpha value is -1.73. The molecule has 0 spiro atoms. The van der Waals surface area contributed by atoms with Crippen molar-refractivity contribution < 1.29 is 27.7 Å². The van der Waals surface area contributed by atoms with Crippen molar-refractivity contribution in [1.82, 2.24) is 0 Å². The van der Waals surface area contributed by atoms with Crippen molar-refractivity contribution in [3.63, 3.8) is 0 Å². The van der Waals surface area contributed by atoms with Crippen LogP contribution >= 0.6 is 0 Å². The van der Waals surface area contributed by atoms with E-state index < -0.39 is 16.1 Å². The van der Waals surface area contributed by atoms with Crippen LogP contribution in [0.3, 0.4) is 0 Å². The van der Waals surface area contributed by atoms with Crippen molar-refractivity contribution in [3.8, 4) is 0 Å². The van der Waals surface area contributed by atoms with E-state index in [1.807, 2.05) is 6.92 Å². The highest BCUT2D eigenvalue weighted by molar-refractivity contribution is 7.85. The summed E-state index contributed by atoms with van der Waals surface area (Å²) in [5, 5.41) is 7.35. The molecular weight excluding hydrogens is 236 g/mol. The maximum absolute atomic E-state index is 10.5. The summed E-state index contributed by atoms with van der Waals surface area (Å²) in [5.41, 5.74) is 0.956. The molecule has 0 heterocycles. The molecular formula is C9H10O6S. The van der Waals surface area contributed by atoms with Gasteiger partial charge in [0.05, 0.1) is 4.90 Å². The molecule has 1 aromatic carbocycles. The van der Waals surface area contributed by atoms with Gasteiger partial charge in [-0.2, -0.15) is 8.42 Å². The Bertz CT molecular complexity index is 459. The Morgan fingerprint density at radius 3 is 1.88 bits per heavy atom. The molecule has 0 amide bonds. The van der Waals surface area contributed by atoms with E-state index in [0.717, 1.165) is 5.56 Å². The maximum atomic E-state index is 10.5. The number of benzene rings is 1. The number of carbonyl (C=O) groups excluding carboxylic acids is 1. The first-order valence-corrected chi connectivity index (χ1v) is 5.43. The quantitative estimate of drug-likeness (QED) is 0.447. The SMILES string of the molecule is Cc1ccc(S(=O)(=O)O)cc1.O=CC(=O)O. The van der Waals surface area contributed by atoms with Crippen molar-refractivity contribution in [3.05, 3.63) is 29.8 Å². The average molecular weight is 246 g/mol. The molecule has 1 rings (SSSR count). The number of aldehydes is 1. The lowest BCUT2D eigenvalue weighted by Gasteiger charge is -1.95. The molecule has 0 bridgehead atoms. The largest absolute Gasteiger partial charge is 0.476 e. The third-order valence-electron chi connectivity index (χ3n) is 1.42. The molecule has 0 saturated heterocycles. The molecule has 16 heavy (non-hydrogen) atoms. The lowest BCUT2D eigenvalue weighted by molar-refractivity contribution is -0.143. The lowest BCUT2D eigenvalue weighted by atomic mass is 10.2. The zero-order chi connectivity index (χ0) is 12.8. The minimum absolute atomic E-state index is 0.0666. The number of carbonyl (C=O) groups is 2. The molecule has 0 aliphatic carbocycles. The third kappa shape index (κ3) is 5.89. The monoisotopic (exact) mass is 246 g/mol. The van der Waals surface area contributed by atoms with Gasteiger partial charge in [0.15, 0.2) is 0 Å². The summed E-state index contributed by atoms with van der Waals surface area (Å²) in [5.74, 6) is -1.43. The second-order valence-corrected chi connectivity index (χ2v) is 4.17. The molecule has 0 atom stereocenters. The van der Waals surface area contributed by atoms with E-state index in [0.29, 0.717) is 0 Å². The van der Waals surface area contributed by atoms with Crippen LogP contribution in [0, 0.1) is 6.92 Å². The molecule has 1 aromatic rings. The first-order chi connectivity index (χ1) is 7.27. The number of aryl methyl sites for hydroxylation is 1. The maximum Gasteiger partial charge on any atom is 0.368 e. The van der Waals surface area contributed by atoms with E-state index >= 15 is 0 Å². The number of carboxylic acid groups (broad SMARTS) is 1. The zero-order valence-electron chi connectivity index (χ0n) is 8.32. The number of rotatable bonds is 2. The van der Waals surface area contributed by atoms with E-state index in [2.05, 4.69) is 0 Å². The second kappa shape index (κ2) is 5.99. The Morgan fingerprint density at radius 1 is 1.25 bits per heavy atom. The molecule has 0 fully saturated rings. The Kier molecular flexibility index (Phi) is 5.34. The summed E-state index contributed by atoms with van der Waals surface area (Å²) < 4.78 is 29.6. The standard InChI is InChI=1S/C7H8O3S.C2H2O3/c1-6-2-4-7(5-3-6)11(8,9)10;3-1-2(4)5/h2-5H,1H3,(H,8,9,10);1H,(H,4,5). The van der Waals surface area contributed by atoms with E-state index in [1.54, 1.807) is 12.1 Å². The van der Waals surface area contributed by atoms with Gasteiger partial charge in [-0.05, 0) is 19.1 Å². The van der Waals surface area contributed by atoms with Crippen LogP contribution in [0.4, 0.5) is 0 Å². The molecule has 0 aliphatic heterocycles. The highest BCUT2D eigenvalue weighted by Crippen LogP contribution is 2.08. The third-order valence-corrected chi connectivity index (χ3v) is 2.29. The van der Waals surface area contributed by atoms with Gasteiger partial charge in [-0.15, -0.1) is 0 Å². The predicted molar refractivity (Wildman–Crippen MR) is 54.7 cm³/mol. The van der Waals surface area contributed by atoms with Gasteiger partial charge in [0.1, 0.15) is 0 Å². The number of hydrogen-bond acceptors (Lipinski definition) is 4. The zero-order valence-corrected chi connectivity index (χ0v) is 9.14. The Morgan fingerprint density at radius 2 is 1.62 bits per heavy atom. The fraction of sp³-hybridized carbons (Fsp3) is 0.111. The van der Waals surface area contributed by atoms with Gasteiger partial charge in [0.2, 0.25) is 6.29 Å². The molecule has 0 radical (unpaired) electrons. The van der Waals surface area contributed by atoms with Crippen molar-refractivity contribution in [1.29, 1.82) is 0 Å². The molecule has 0 unspecified atom stereocenters. The highest BCUT2D eigenvalue weighted by Gasteiger charge is 2.06. The molecule has 88 valence electrons. The second-order valence-electron chi connectivity index (χ2n) is 2.74. The summed E-state index contributed by atoms with van der Waals surface area (Å²) in [7, 11) is -4.02. The summed E-state index contributed by atoms with van der Waals surface area (Å²) in [6.07, 6.45) is -0.167. The van der Waals surface area contributed by atoms with Gasteiger partial charge in [-0.25, -0.2) is 4.79 Å². The Labute approximate surface area is 92.3 Å². The van der Waals surface area contributed by atoms with Crippen LogP contribution in [0.1, 0.15) is 5.56 Å². The van der Waals surface area contributed by atoms with Crippen LogP contribution in [0.5, 0.6) is 0 Å². The van der Waals surface area contributed by atoms with Crippen molar-refractivity contribution >= 4 is 22.4 Å². The van der Waals surface area contributed by atoms with Crippen molar-refractivity contribution in [2.45, 2.75) is 11.8 Å². The summed E-state index contributed by atoms with van der Waals surface area (Å²) in [4.78, 5) is 17.8. The fourth-order valence-corrected chi connectivity index (χ4v) is 1.19. The first-order valence-electron chi connectivity index (χ1n) is 3.99. The van der Waals surface area contributed by atoms with Gasteiger partial charge >= 0.3 is 5.97 Å². The minimum atomic E-state index is -4.02. The van der Waals surface area contributed by atoms with Gasteiger partial charge in [-0.1, -0.05) is 17.7 Å². The molecule has 2 N–H and O–H groups in total. The minimum Gasteiger partial charge on any atom is -0.476 e. The van der Waals surface area contributed by atoms with Crippen LogP contribution < -0.4 is 0 Å². The molecule has 7 heteroatoms. The smallest absolute Gasteiger partial charge is 0.368 e. The lowest BCUT2D eigenvalue weighted by Crippen LogP contribution is -1.96. The van der Waals surface area contributed by atoms with E-state index in [-0.39, 0.29) is 11.2 Å². The average Bonchev–Trinajstić information content (AvgIpc) is 2.18. The topological polar surface area (TPSA) is 109 Å². The van der Waals surface area contributed by atoms with E-state index in [1.165, 1.54) is 12.1 Å². The van der Waals surface area contributed by atoms with Gasteiger partial charge < -0.3 is 5.11 Å². The highest BCUT2D eigenvalue weighted by atomic mass is 32.2. The molecule has 0 aromatic heterocycles. The van der Waals surface area contributed by atoms with Crippen molar-refractivity contribution in [2.75, 3.05) is 0 Å². The summed E-state index contributed by atoms with van der Waals surface area (Å²) in [6.45, 7) is 1.84. The van der Waals surface area contributed by atoms with E-state index in [9.17, 15) is 8.42 Å². The van der Waals surface area contributed by atoms with E-state index in [4.69, 9.17) is 19.2 Å². The Balaban J connectivity index is 0.000000385. The van der Waals surface area contributed by atoms with Gasteiger partial charge in [-0.3, -0.25) is 9.35 Å². The fourth-order valence-electron chi connectivity index (χ4n) is 0.710. The van der Waals surface area contributed by atoms with Gasteiger partial charge in [0, 0.05) is 0 Å². The number of carboxylic acids is 1. The molecule has 0 saturated carbocycles. The van der Waals surface area contributed by atoms with Crippen LogP contribution in [-0.2, 0) is 19.7 Å². The normalized spacial score (nSPS) is 9.88. The van der Waals surface area contributed by atoms with Gasteiger partial charge in [0.25, 0.3) is 10.1 Å². The predicted octanol–water partition coefficient (Wildman–Crippen LogP) is 0.512. The molecule has 6 nitrogen and oxygen atoms in total. The summed E-state index contributed by atoms with van der Waals surface area (Å²) in [6, 6.07) is 5.99. The van der Waals surface area contributed by atoms with Crippen LogP contribution in [0.15, 0.2) is 29.2 Å². The van der Waals surface area contributed by atoms with Crippen LogP contribution in [0.25, 0.3) is 0 Å². The number of aliphatic carboxylic acids is 1.